The summed E-state index contributed by atoms with van der Waals surface area (Å²) in [5.74, 6) is 0.725. The van der Waals surface area contributed by atoms with Gasteiger partial charge in [-0.2, -0.15) is 4.37 Å². The molecule has 0 atom stereocenters. The van der Waals surface area contributed by atoms with Gasteiger partial charge in [-0.1, -0.05) is 35.3 Å². The molecule has 2 heterocycles. The summed E-state index contributed by atoms with van der Waals surface area (Å²) in [5, 5.41) is 4.75. The van der Waals surface area contributed by atoms with Gasteiger partial charge < -0.3 is 10.2 Å². The highest BCUT2D eigenvalue weighted by Gasteiger charge is 2.23. The number of halogens is 3. The lowest BCUT2D eigenvalue weighted by molar-refractivity contribution is 0.0945. The van der Waals surface area contributed by atoms with Crippen LogP contribution in [-0.2, 0) is 6.42 Å². The first-order valence-corrected chi connectivity index (χ1v) is 11.6. The number of piperidine rings is 1. The largest absolute Gasteiger partial charge is 0.352 e. The van der Waals surface area contributed by atoms with Crippen LogP contribution in [0.25, 0.3) is 0 Å². The van der Waals surface area contributed by atoms with Crippen molar-refractivity contribution < 1.29 is 9.18 Å². The molecule has 4 rings (SSSR count). The van der Waals surface area contributed by atoms with Crippen molar-refractivity contribution in [2.24, 2.45) is 5.92 Å². The van der Waals surface area contributed by atoms with E-state index < -0.39 is 0 Å². The number of anilines is 1. The third kappa shape index (κ3) is 5.73. The number of hydrogen-bond acceptors (Lipinski definition) is 5. The van der Waals surface area contributed by atoms with Crippen LogP contribution in [0, 0.1) is 11.7 Å². The maximum Gasteiger partial charge on any atom is 0.252 e. The summed E-state index contributed by atoms with van der Waals surface area (Å²) < 4.78 is 17.5. The molecule has 5 nitrogen and oxygen atoms in total. The van der Waals surface area contributed by atoms with Crippen molar-refractivity contribution in [2.75, 3.05) is 24.5 Å². The first-order valence-electron chi connectivity index (χ1n) is 10.0. The van der Waals surface area contributed by atoms with Crippen molar-refractivity contribution in [2.45, 2.75) is 19.3 Å². The second-order valence-corrected chi connectivity index (χ2v) is 9.13. The average Bonchev–Trinajstić information content (AvgIpc) is 3.22. The molecule has 1 N–H and O–H groups in total. The van der Waals surface area contributed by atoms with Crippen molar-refractivity contribution in [3.8, 4) is 0 Å². The molecule has 9 heteroatoms. The molecule has 2 aromatic carbocycles. The molecule has 0 bridgehead atoms. The summed E-state index contributed by atoms with van der Waals surface area (Å²) in [6, 6.07) is 11.3. The zero-order valence-corrected chi connectivity index (χ0v) is 19.0. The number of carbonyl (C=O) groups is 1. The van der Waals surface area contributed by atoms with E-state index in [4.69, 9.17) is 23.2 Å². The van der Waals surface area contributed by atoms with Crippen LogP contribution in [0.15, 0.2) is 42.5 Å². The summed E-state index contributed by atoms with van der Waals surface area (Å²) in [6.07, 6.45) is 2.51. The van der Waals surface area contributed by atoms with Crippen LogP contribution in [0.2, 0.25) is 10.0 Å². The number of aromatic nitrogens is 2. The molecular weight excluding hydrogens is 458 g/mol. The number of hydrogen-bond donors (Lipinski definition) is 1. The lowest BCUT2D eigenvalue weighted by Crippen LogP contribution is -2.38. The van der Waals surface area contributed by atoms with Crippen LogP contribution >= 0.6 is 34.7 Å². The summed E-state index contributed by atoms with van der Waals surface area (Å²) in [5.41, 5.74) is 1.42. The zero-order chi connectivity index (χ0) is 21.8. The molecule has 0 radical (unpaired) electrons. The fourth-order valence-electron chi connectivity index (χ4n) is 3.56. The number of carbonyl (C=O) groups excluding carboxylic acids is 1. The fraction of sp³-hybridized carbons (Fsp3) is 0.318. The molecule has 1 aliphatic heterocycles. The van der Waals surface area contributed by atoms with Gasteiger partial charge in [0.25, 0.3) is 5.91 Å². The molecule has 1 fully saturated rings. The van der Waals surface area contributed by atoms with Crippen molar-refractivity contribution in [1.29, 1.82) is 0 Å². The van der Waals surface area contributed by atoms with E-state index in [0.717, 1.165) is 42.5 Å². The Bertz CT molecular complexity index is 1050. The molecule has 1 saturated heterocycles. The van der Waals surface area contributed by atoms with E-state index in [1.54, 1.807) is 30.3 Å². The SMILES string of the molecule is O=C(NCC1CCN(c2nc(Cc3ccc(F)cc3)ns2)CC1)c1ccc(Cl)cc1Cl. The fourth-order valence-corrected chi connectivity index (χ4v) is 4.80. The number of benzene rings is 2. The minimum atomic E-state index is -0.244. The highest BCUT2D eigenvalue weighted by atomic mass is 35.5. The Morgan fingerprint density at radius 3 is 2.61 bits per heavy atom. The van der Waals surface area contributed by atoms with Crippen molar-refractivity contribution in [3.63, 3.8) is 0 Å². The van der Waals surface area contributed by atoms with Gasteiger partial charge >= 0.3 is 0 Å². The van der Waals surface area contributed by atoms with Gasteiger partial charge in [-0.05, 0) is 54.7 Å². The average molecular weight is 479 g/mol. The molecule has 162 valence electrons. The summed E-state index contributed by atoms with van der Waals surface area (Å²) in [4.78, 5) is 19.3. The van der Waals surface area contributed by atoms with E-state index >= 15 is 0 Å². The van der Waals surface area contributed by atoms with Crippen LogP contribution in [0.4, 0.5) is 9.52 Å². The smallest absolute Gasteiger partial charge is 0.252 e. The molecule has 1 aliphatic rings. The second-order valence-electron chi connectivity index (χ2n) is 7.56. The van der Waals surface area contributed by atoms with Crippen molar-refractivity contribution in [1.82, 2.24) is 14.7 Å². The predicted octanol–water partition coefficient (Wildman–Crippen LogP) is 5.22. The summed E-state index contributed by atoms with van der Waals surface area (Å²) in [6.45, 7) is 2.35. The van der Waals surface area contributed by atoms with E-state index in [1.165, 1.54) is 23.7 Å². The molecule has 31 heavy (non-hydrogen) atoms. The Balaban J connectivity index is 1.25. The molecule has 1 aromatic heterocycles. The minimum absolute atomic E-state index is 0.182. The molecular formula is C22H21Cl2FN4OS. The van der Waals surface area contributed by atoms with Gasteiger partial charge in [0, 0.05) is 42.6 Å². The molecule has 0 unspecified atom stereocenters. The van der Waals surface area contributed by atoms with E-state index in [9.17, 15) is 9.18 Å². The first-order chi connectivity index (χ1) is 15.0. The quantitative estimate of drug-likeness (QED) is 0.527. The van der Waals surface area contributed by atoms with Gasteiger partial charge in [0.2, 0.25) is 5.13 Å². The van der Waals surface area contributed by atoms with E-state index in [0.29, 0.717) is 34.5 Å². The monoisotopic (exact) mass is 478 g/mol. The highest BCUT2D eigenvalue weighted by molar-refractivity contribution is 7.09. The Hall–Kier alpha value is -2.22. The lowest BCUT2D eigenvalue weighted by Gasteiger charge is -2.31. The van der Waals surface area contributed by atoms with E-state index in [1.807, 2.05) is 0 Å². The highest BCUT2D eigenvalue weighted by Crippen LogP contribution is 2.26. The summed E-state index contributed by atoms with van der Waals surface area (Å²) >= 11 is 13.4. The zero-order valence-electron chi connectivity index (χ0n) is 16.7. The molecule has 3 aromatic rings. The van der Waals surface area contributed by atoms with E-state index in [-0.39, 0.29) is 11.7 Å². The van der Waals surface area contributed by atoms with Crippen LogP contribution < -0.4 is 10.2 Å². The third-order valence-electron chi connectivity index (χ3n) is 5.34. The Morgan fingerprint density at radius 1 is 1.16 bits per heavy atom. The summed E-state index contributed by atoms with van der Waals surface area (Å²) in [7, 11) is 0. The number of nitrogens with zero attached hydrogens (tertiary/aromatic N) is 3. The Morgan fingerprint density at radius 2 is 1.90 bits per heavy atom. The minimum Gasteiger partial charge on any atom is -0.352 e. The van der Waals surface area contributed by atoms with E-state index in [2.05, 4.69) is 19.6 Å². The Kier molecular flexibility index (Phi) is 7.05. The Labute approximate surface area is 194 Å². The van der Waals surface area contributed by atoms with Gasteiger partial charge in [0.1, 0.15) is 11.6 Å². The van der Waals surface area contributed by atoms with Gasteiger partial charge in [-0.3, -0.25) is 4.79 Å². The molecule has 0 saturated carbocycles. The number of rotatable bonds is 6. The molecule has 0 spiro atoms. The predicted molar refractivity (Wildman–Crippen MR) is 123 cm³/mol. The topological polar surface area (TPSA) is 58.1 Å². The van der Waals surface area contributed by atoms with Crippen LogP contribution in [0.3, 0.4) is 0 Å². The standard InChI is InChI=1S/C22H21Cl2FN4OS/c23-16-3-6-18(19(24)12-16)21(30)26-13-15-7-9-29(10-8-15)22-27-20(28-31-22)11-14-1-4-17(25)5-2-14/h1-6,12,15H,7-11,13H2,(H,26,30). The van der Waals surface area contributed by atoms with Gasteiger partial charge in [0.05, 0.1) is 10.6 Å². The molecule has 1 amide bonds. The molecule has 0 aliphatic carbocycles. The number of nitrogens with one attached hydrogen (secondary N) is 1. The van der Waals surface area contributed by atoms with Crippen LogP contribution in [0.5, 0.6) is 0 Å². The lowest BCUT2D eigenvalue weighted by atomic mass is 9.97. The van der Waals surface area contributed by atoms with Crippen molar-refractivity contribution >= 4 is 45.8 Å². The normalized spacial score (nSPS) is 14.6. The van der Waals surface area contributed by atoms with Gasteiger partial charge in [-0.15, -0.1) is 0 Å². The van der Waals surface area contributed by atoms with Crippen molar-refractivity contribution in [3.05, 3.63) is 75.3 Å². The second kappa shape index (κ2) is 9.94. The van der Waals surface area contributed by atoms with Gasteiger partial charge in [-0.25, -0.2) is 9.37 Å². The third-order valence-corrected chi connectivity index (χ3v) is 6.71. The van der Waals surface area contributed by atoms with Crippen LogP contribution in [0.1, 0.15) is 34.6 Å². The maximum absolute atomic E-state index is 13.1. The maximum atomic E-state index is 13.1. The first kappa shape index (κ1) is 22.0. The number of amides is 1. The van der Waals surface area contributed by atoms with Gasteiger partial charge in [0.15, 0.2) is 0 Å². The van der Waals surface area contributed by atoms with Crippen LogP contribution in [-0.4, -0.2) is 34.9 Å².